The first-order valence-electron chi connectivity index (χ1n) is 5.67. The molecule has 1 aromatic rings. The van der Waals surface area contributed by atoms with Gasteiger partial charge in [-0.25, -0.2) is 0 Å². The van der Waals surface area contributed by atoms with Crippen LogP contribution in [0.1, 0.15) is 22.3 Å². The van der Waals surface area contributed by atoms with Crippen molar-refractivity contribution in [3.05, 3.63) is 29.3 Å². The molecule has 0 N–H and O–H groups in total. The number of rotatable bonds is 6. The van der Waals surface area contributed by atoms with Gasteiger partial charge in [0.1, 0.15) is 5.75 Å². The number of Topliss-reactive ketones (excluding diaryl/α,β-unsaturated/α-hetero) is 1. The summed E-state index contributed by atoms with van der Waals surface area (Å²) in [6.45, 7) is 1.24. The lowest BCUT2D eigenvalue weighted by atomic mass is 10.1. The molecule has 0 aliphatic heterocycles. The largest absolute Gasteiger partial charge is 0.467 e. The molecular weight excluding hydrogens is 220 g/mol. The maximum Gasteiger partial charge on any atom is 0.189 e. The quantitative estimate of drug-likeness (QED) is 0.558. The van der Waals surface area contributed by atoms with E-state index in [-0.39, 0.29) is 12.6 Å². The van der Waals surface area contributed by atoms with Crippen LogP contribution in [0.3, 0.4) is 0 Å². The smallest absolute Gasteiger partial charge is 0.189 e. The van der Waals surface area contributed by atoms with Crippen LogP contribution in [0.25, 0.3) is 0 Å². The van der Waals surface area contributed by atoms with Gasteiger partial charge in [0.05, 0.1) is 13.2 Å². The zero-order valence-electron chi connectivity index (χ0n) is 9.90. The van der Waals surface area contributed by atoms with Crippen LogP contribution in [-0.2, 0) is 15.9 Å². The Morgan fingerprint density at radius 3 is 2.94 bits per heavy atom. The molecule has 17 heavy (non-hydrogen) atoms. The topological polar surface area (TPSA) is 44.8 Å². The molecule has 0 saturated heterocycles. The Kier molecular flexibility index (Phi) is 4.12. The van der Waals surface area contributed by atoms with Crippen LogP contribution in [0, 0.1) is 0 Å². The Morgan fingerprint density at radius 1 is 1.24 bits per heavy atom. The van der Waals surface area contributed by atoms with Crippen molar-refractivity contribution in [1.29, 1.82) is 0 Å². The number of hydrogen-bond acceptors (Lipinski definition) is 4. The zero-order valence-corrected chi connectivity index (χ0v) is 9.90. The first kappa shape index (κ1) is 12.1. The minimum absolute atomic E-state index is 0.188. The lowest BCUT2D eigenvalue weighted by Gasteiger charge is -2.10. The highest BCUT2D eigenvalue weighted by Gasteiger charge is 2.22. The van der Waals surface area contributed by atoms with Crippen molar-refractivity contribution in [3.8, 4) is 5.75 Å². The summed E-state index contributed by atoms with van der Waals surface area (Å²) >= 11 is 0. The van der Waals surface area contributed by atoms with Gasteiger partial charge >= 0.3 is 0 Å². The Morgan fingerprint density at radius 2 is 2.12 bits per heavy atom. The van der Waals surface area contributed by atoms with Gasteiger partial charge in [0.2, 0.25) is 0 Å². The molecule has 1 aliphatic carbocycles. The average Bonchev–Trinajstić information content (AvgIpc) is 2.72. The molecule has 4 nitrogen and oxygen atoms in total. The van der Waals surface area contributed by atoms with Crippen LogP contribution >= 0.6 is 0 Å². The second kappa shape index (κ2) is 5.80. The van der Waals surface area contributed by atoms with Gasteiger partial charge in [-0.3, -0.25) is 4.79 Å². The molecule has 0 fully saturated rings. The highest BCUT2D eigenvalue weighted by atomic mass is 16.7. The summed E-state index contributed by atoms with van der Waals surface area (Å²) in [6, 6.07) is 5.56. The molecule has 0 bridgehead atoms. The molecule has 0 saturated carbocycles. The minimum atomic E-state index is 0.188. The number of ether oxygens (including phenoxy) is 3. The van der Waals surface area contributed by atoms with Crippen molar-refractivity contribution in [2.75, 3.05) is 27.1 Å². The van der Waals surface area contributed by atoms with Crippen LogP contribution in [0.15, 0.2) is 18.2 Å². The monoisotopic (exact) mass is 236 g/mol. The summed E-state index contributed by atoms with van der Waals surface area (Å²) in [6.07, 6.45) is 1.35. The van der Waals surface area contributed by atoms with E-state index in [0.717, 1.165) is 23.3 Å². The molecule has 0 amide bonds. The number of hydrogen-bond donors (Lipinski definition) is 0. The van der Waals surface area contributed by atoms with Gasteiger partial charge in [-0.05, 0) is 12.5 Å². The van der Waals surface area contributed by atoms with E-state index < -0.39 is 0 Å². The number of methoxy groups -OCH3 is 1. The molecule has 1 aliphatic rings. The van der Waals surface area contributed by atoms with Crippen molar-refractivity contribution >= 4 is 5.78 Å². The van der Waals surface area contributed by atoms with Gasteiger partial charge in [0.25, 0.3) is 0 Å². The molecule has 0 spiro atoms. The van der Waals surface area contributed by atoms with Gasteiger partial charge in [-0.15, -0.1) is 0 Å². The summed E-state index contributed by atoms with van der Waals surface area (Å²) in [7, 11) is 1.62. The van der Waals surface area contributed by atoms with E-state index >= 15 is 0 Å². The van der Waals surface area contributed by atoms with E-state index in [1.807, 2.05) is 18.2 Å². The Labute approximate surface area is 100 Å². The van der Waals surface area contributed by atoms with Gasteiger partial charge in [-0.2, -0.15) is 0 Å². The number of ketones is 1. The molecule has 0 unspecified atom stereocenters. The van der Waals surface area contributed by atoms with E-state index in [4.69, 9.17) is 14.2 Å². The van der Waals surface area contributed by atoms with Crippen molar-refractivity contribution in [1.82, 2.24) is 0 Å². The minimum Gasteiger partial charge on any atom is -0.467 e. The lowest BCUT2D eigenvalue weighted by Crippen LogP contribution is -2.08. The lowest BCUT2D eigenvalue weighted by molar-refractivity contribution is -0.00883. The van der Waals surface area contributed by atoms with Crippen LogP contribution in [0.4, 0.5) is 0 Å². The average molecular weight is 236 g/mol. The molecule has 0 radical (unpaired) electrons. The Bertz CT molecular complexity index is 400. The first-order valence-corrected chi connectivity index (χ1v) is 5.67. The fourth-order valence-electron chi connectivity index (χ4n) is 1.90. The van der Waals surface area contributed by atoms with Crippen LogP contribution < -0.4 is 4.74 Å². The van der Waals surface area contributed by atoms with E-state index in [0.29, 0.717) is 19.6 Å². The van der Waals surface area contributed by atoms with Gasteiger partial charge < -0.3 is 14.2 Å². The third-order valence-corrected chi connectivity index (χ3v) is 2.77. The molecule has 92 valence electrons. The van der Waals surface area contributed by atoms with Gasteiger partial charge in [0, 0.05) is 24.7 Å². The summed E-state index contributed by atoms with van der Waals surface area (Å²) in [5.41, 5.74) is 1.80. The molecule has 2 rings (SSSR count). The first-order chi connectivity index (χ1) is 8.33. The number of fused-ring (bicyclic) bond motifs is 1. The van der Waals surface area contributed by atoms with Gasteiger partial charge in [0.15, 0.2) is 12.6 Å². The van der Waals surface area contributed by atoms with E-state index in [1.165, 1.54) is 0 Å². The van der Waals surface area contributed by atoms with Gasteiger partial charge in [-0.1, -0.05) is 12.1 Å². The molecule has 0 heterocycles. The fourth-order valence-corrected chi connectivity index (χ4v) is 1.90. The summed E-state index contributed by atoms with van der Waals surface area (Å²) in [5, 5.41) is 0. The summed E-state index contributed by atoms with van der Waals surface area (Å²) < 4.78 is 15.6. The predicted molar refractivity (Wildman–Crippen MR) is 62.4 cm³/mol. The fraction of sp³-hybridized carbons (Fsp3) is 0.462. The molecule has 0 atom stereocenters. The summed E-state index contributed by atoms with van der Waals surface area (Å²) in [4.78, 5) is 11.5. The molecule has 1 aromatic carbocycles. The third kappa shape index (κ3) is 2.84. The highest BCUT2D eigenvalue weighted by molar-refractivity contribution is 6.01. The van der Waals surface area contributed by atoms with E-state index in [1.54, 1.807) is 7.11 Å². The second-order valence-corrected chi connectivity index (χ2v) is 3.87. The summed E-state index contributed by atoms with van der Waals surface area (Å²) in [5.74, 6) is 0.955. The highest BCUT2D eigenvalue weighted by Crippen LogP contribution is 2.30. The Balaban J connectivity index is 1.91. The van der Waals surface area contributed by atoms with Crippen molar-refractivity contribution < 1.29 is 19.0 Å². The molecular formula is C13H16O4. The van der Waals surface area contributed by atoms with Crippen LogP contribution in [0.2, 0.25) is 0 Å². The maximum atomic E-state index is 11.5. The van der Waals surface area contributed by atoms with Crippen LogP contribution in [-0.4, -0.2) is 32.9 Å². The number of carbonyl (C=O) groups excluding carboxylic acids is 1. The number of benzene rings is 1. The number of carbonyl (C=O) groups is 1. The van der Waals surface area contributed by atoms with Crippen LogP contribution in [0.5, 0.6) is 5.75 Å². The third-order valence-electron chi connectivity index (χ3n) is 2.77. The van der Waals surface area contributed by atoms with E-state index in [2.05, 4.69) is 0 Å². The molecule has 4 heteroatoms. The standard InChI is InChI=1S/C13H16O4/c1-15-7-8-16-9-17-13-4-2-3-10-11(13)5-6-12(10)14/h2-4H,5-9H2,1H3. The maximum absolute atomic E-state index is 11.5. The SMILES string of the molecule is COCCOCOc1cccc2c1CCC2=O. The van der Waals surface area contributed by atoms with Crippen molar-refractivity contribution in [2.24, 2.45) is 0 Å². The second-order valence-electron chi connectivity index (χ2n) is 3.87. The van der Waals surface area contributed by atoms with E-state index in [9.17, 15) is 4.79 Å². The zero-order chi connectivity index (χ0) is 12.1. The predicted octanol–water partition coefficient (Wildman–Crippen LogP) is 1.81. The van der Waals surface area contributed by atoms with Crippen molar-refractivity contribution in [2.45, 2.75) is 12.8 Å². The molecule has 0 aromatic heterocycles. The Hall–Kier alpha value is -1.39. The normalized spacial score (nSPS) is 13.8. The van der Waals surface area contributed by atoms with Crippen molar-refractivity contribution in [3.63, 3.8) is 0 Å².